The highest BCUT2D eigenvalue weighted by molar-refractivity contribution is 5.68. The quantitative estimate of drug-likeness (QED) is 0.697. The van der Waals surface area contributed by atoms with E-state index in [9.17, 15) is 4.79 Å². The van der Waals surface area contributed by atoms with Crippen molar-refractivity contribution < 1.29 is 9.53 Å². The molecular formula is C13H22N2O2. The van der Waals surface area contributed by atoms with Crippen LogP contribution in [0.1, 0.15) is 33.6 Å². The summed E-state index contributed by atoms with van der Waals surface area (Å²) in [5, 5.41) is 3.66. The molecule has 3 saturated heterocycles. The van der Waals surface area contributed by atoms with Crippen LogP contribution in [-0.4, -0.2) is 41.8 Å². The second-order valence-corrected chi connectivity index (χ2v) is 6.67. The highest BCUT2D eigenvalue weighted by Gasteiger charge is 2.52. The first-order chi connectivity index (χ1) is 7.94. The lowest BCUT2D eigenvalue weighted by Gasteiger charge is -2.25. The Labute approximate surface area is 103 Å². The topological polar surface area (TPSA) is 41.6 Å². The van der Waals surface area contributed by atoms with Gasteiger partial charge in [0.05, 0.1) is 0 Å². The molecule has 0 saturated carbocycles. The highest BCUT2D eigenvalue weighted by Crippen LogP contribution is 2.43. The smallest absolute Gasteiger partial charge is 0.410 e. The minimum absolute atomic E-state index is 0.133. The van der Waals surface area contributed by atoms with Crippen molar-refractivity contribution in [2.75, 3.05) is 13.1 Å². The molecule has 0 unspecified atom stereocenters. The molecule has 96 valence electrons. The van der Waals surface area contributed by atoms with Crippen molar-refractivity contribution in [2.45, 2.75) is 51.3 Å². The third kappa shape index (κ3) is 1.92. The monoisotopic (exact) mass is 238 g/mol. The van der Waals surface area contributed by atoms with Gasteiger partial charge in [0.25, 0.3) is 0 Å². The summed E-state index contributed by atoms with van der Waals surface area (Å²) in [6.07, 6.45) is 2.44. The van der Waals surface area contributed by atoms with Crippen LogP contribution < -0.4 is 5.32 Å². The average molecular weight is 238 g/mol. The van der Waals surface area contributed by atoms with Crippen molar-refractivity contribution in [1.82, 2.24) is 10.2 Å². The number of likely N-dealkylation sites (tertiary alicyclic amines) is 1. The van der Waals surface area contributed by atoms with Gasteiger partial charge in [-0.2, -0.15) is 0 Å². The van der Waals surface area contributed by atoms with Crippen LogP contribution in [0.25, 0.3) is 0 Å². The van der Waals surface area contributed by atoms with Gasteiger partial charge in [0.2, 0.25) is 0 Å². The minimum atomic E-state index is -0.383. The molecule has 1 amide bonds. The van der Waals surface area contributed by atoms with Crippen molar-refractivity contribution in [3.05, 3.63) is 0 Å². The molecule has 17 heavy (non-hydrogen) atoms. The van der Waals surface area contributed by atoms with Crippen LogP contribution in [0, 0.1) is 11.8 Å². The second kappa shape index (κ2) is 3.61. The lowest BCUT2D eigenvalue weighted by Crippen LogP contribution is -2.38. The van der Waals surface area contributed by atoms with Crippen LogP contribution in [0.5, 0.6) is 0 Å². The van der Waals surface area contributed by atoms with Crippen LogP contribution in [0.2, 0.25) is 0 Å². The summed E-state index contributed by atoms with van der Waals surface area (Å²) in [6.45, 7) is 7.54. The number of hydrogen-bond acceptors (Lipinski definition) is 3. The number of ether oxygens (including phenoxy) is 1. The van der Waals surface area contributed by atoms with E-state index in [0.717, 1.165) is 13.1 Å². The third-order valence-corrected chi connectivity index (χ3v) is 4.31. The maximum atomic E-state index is 12.0. The first kappa shape index (κ1) is 11.3. The Morgan fingerprint density at radius 3 is 2.18 bits per heavy atom. The molecule has 3 aliphatic heterocycles. The predicted molar refractivity (Wildman–Crippen MR) is 64.7 cm³/mol. The molecule has 3 fully saturated rings. The fourth-order valence-corrected chi connectivity index (χ4v) is 3.66. The number of amides is 1. The van der Waals surface area contributed by atoms with Gasteiger partial charge in [-0.05, 0) is 45.4 Å². The number of fused-ring (bicyclic) bond motifs is 5. The van der Waals surface area contributed by atoms with E-state index < -0.39 is 0 Å². The van der Waals surface area contributed by atoms with Crippen LogP contribution in [0.15, 0.2) is 0 Å². The van der Waals surface area contributed by atoms with E-state index in [1.807, 2.05) is 25.7 Å². The van der Waals surface area contributed by atoms with Crippen molar-refractivity contribution in [3.8, 4) is 0 Å². The van der Waals surface area contributed by atoms with Crippen LogP contribution in [0.4, 0.5) is 4.79 Å². The van der Waals surface area contributed by atoms with E-state index in [1.54, 1.807) is 0 Å². The first-order valence-corrected chi connectivity index (χ1v) is 6.68. The normalized spacial score (nSPS) is 39.6. The van der Waals surface area contributed by atoms with Crippen molar-refractivity contribution in [2.24, 2.45) is 11.8 Å². The molecule has 0 aromatic carbocycles. The van der Waals surface area contributed by atoms with Gasteiger partial charge in [0.1, 0.15) is 5.60 Å². The zero-order valence-electron chi connectivity index (χ0n) is 10.9. The summed E-state index contributed by atoms with van der Waals surface area (Å²) in [6, 6.07) is 1.30. The van der Waals surface area contributed by atoms with E-state index in [2.05, 4.69) is 5.32 Å². The van der Waals surface area contributed by atoms with Gasteiger partial charge < -0.3 is 15.0 Å². The van der Waals surface area contributed by atoms with Gasteiger partial charge >= 0.3 is 6.09 Å². The Hall–Kier alpha value is -0.770. The zero-order chi connectivity index (χ0) is 12.2. The predicted octanol–water partition coefficient (Wildman–Crippen LogP) is 1.60. The highest BCUT2D eigenvalue weighted by atomic mass is 16.6. The molecule has 4 atom stereocenters. The standard InChI is InChI=1S/C13H22N2O2/c1-13(2,3)17-12(16)15-6-8-9(7-15)11-5-4-10(8)14-11/h8-11,14H,4-7H2,1-3H3/t8-,9+,10+,11-. The lowest BCUT2D eigenvalue weighted by atomic mass is 9.82. The Morgan fingerprint density at radius 2 is 1.71 bits per heavy atom. The van der Waals surface area contributed by atoms with Crippen molar-refractivity contribution in [3.63, 3.8) is 0 Å². The van der Waals surface area contributed by atoms with Gasteiger partial charge in [0.15, 0.2) is 0 Å². The van der Waals surface area contributed by atoms with Crippen LogP contribution >= 0.6 is 0 Å². The average Bonchev–Trinajstić information content (AvgIpc) is 2.87. The van der Waals surface area contributed by atoms with E-state index >= 15 is 0 Å². The molecule has 3 heterocycles. The molecular weight excluding hydrogens is 216 g/mol. The minimum Gasteiger partial charge on any atom is -0.444 e. The van der Waals surface area contributed by atoms with E-state index in [4.69, 9.17) is 4.74 Å². The van der Waals surface area contributed by atoms with E-state index in [-0.39, 0.29) is 11.7 Å². The number of carbonyl (C=O) groups is 1. The van der Waals surface area contributed by atoms with Crippen molar-refractivity contribution in [1.29, 1.82) is 0 Å². The largest absolute Gasteiger partial charge is 0.444 e. The molecule has 0 radical (unpaired) electrons. The first-order valence-electron chi connectivity index (χ1n) is 6.68. The Morgan fingerprint density at radius 1 is 1.18 bits per heavy atom. The molecule has 2 bridgehead atoms. The summed E-state index contributed by atoms with van der Waals surface area (Å²) in [7, 11) is 0. The number of rotatable bonds is 0. The summed E-state index contributed by atoms with van der Waals surface area (Å²) in [4.78, 5) is 13.9. The van der Waals surface area contributed by atoms with E-state index in [0.29, 0.717) is 23.9 Å². The second-order valence-electron chi connectivity index (χ2n) is 6.67. The fourth-order valence-electron chi connectivity index (χ4n) is 3.66. The Balaban J connectivity index is 1.63. The van der Waals surface area contributed by atoms with Crippen LogP contribution in [-0.2, 0) is 4.74 Å². The number of nitrogens with zero attached hydrogens (tertiary/aromatic N) is 1. The van der Waals surface area contributed by atoms with Crippen molar-refractivity contribution >= 4 is 6.09 Å². The Bertz CT molecular complexity index is 319. The maximum Gasteiger partial charge on any atom is 0.410 e. The van der Waals surface area contributed by atoms with Crippen LogP contribution in [0.3, 0.4) is 0 Å². The molecule has 3 rings (SSSR count). The van der Waals surface area contributed by atoms with Gasteiger partial charge in [-0.25, -0.2) is 4.79 Å². The number of hydrogen-bond donors (Lipinski definition) is 1. The lowest BCUT2D eigenvalue weighted by molar-refractivity contribution is 0.0278. The summed E-state index contributed by atoms with van der Waals surface area (Å²) < 4.78 is 5.44. The molecule has 0 aliphatic carbocycles. The summed E-state index contributed by atoms with van der Waals surface area (Å²) >= 11 is 0. The Kier molecular flexibility index (Phi) is 2.41. The van der Waals surface area contributed by atoms with Gasteiger partial charge in [-0.3, -0.25) is 0 Å². The molecule has 3 aliphatic rings. The van der Waals surface area contributed by atoms with Gasteiger partial charge in [-0.15, -0.1) is 0 Å². The van der Waals surface area contributed by atoms with Gasteiger partial charge in [-0.1, -0.05) is 0 Å². The molecule has 4 heteroatoms. The summed E-state index contributed by atoms with van der Waals surface area (Å²) in [5.74, 6) is 1.34. The summed E-state index contributed by atoms with van der Waals surface area (Å²) in [5.41, 5.74) is -0.383. The fraction of sp³-hybridized carbons (Fsp3) is 0.923. The SMILES string of the molecule is CC(C)(C)OC(=O)N1C[C@@H]2[C@H](C1)[C@H]1CC[C@@H]2N1. The third-order valence-electron chi connectivity index (χ3n) is 4.31. The van der Waals surface area contributed by atoms with Gasteiger partial charge in [0, 0.05) is 25.2 Å². The van der Waals surface area contributed by atoms with E-state index in [1.165, 1.54) is 12.8 Å². The molecule has 0 spiro atoms. The molecule has 4 nitrogen and oxygen atoms in total. The molecule has 1 N–H and O–H groups in total. The zero-order valence-corrected chi connectivity index (χ0v) is 10.9. The molecule has 0 aromatic heterocycles. The maximum absolute atomic E-state index is 12.0. The molecule has 0 aromatic rings. The number of carbonyl (C=O) groups excluding carboxylic acids is 1. The number of nitrogens with one attached hydrogen (secondary N) is 1.